The lowest BCUT2D eigenvalue weighted by atomic mass is 10.1. The highest BCUT2D eigenvalue weighted by molar-refractivity contribution is 7.92. The number of sulfonamides is 1. The van der Waals surface area contributed by atoms with E-state index < -0.39 is 15.9 Å². The van der Waals surface area contributed by atoms with Gasteiger partial charge in [0.1, 0.15) is 5.76 Å². The van der Waals surface area contributed by atoms with Gasteiger partial charge in [0.05, 0.1) is 29.0 Å². The minimum atomic E-state index is -3.94. The van der Waals surface area contributed by atoms with Gasteiger partial charge in [-0.05, 0) is 54.4 Å². The molecule has 160 valence electrons. The number of benzene rings is 2. The van der Waals surface area contributed by atoms with Crippen LogP contribution in [0.3, 0.4) is 0 Å². The first kappa shape index (κ1) is 20.7. The highest BCUT2D eigenvalue weighted by Crippen LogP contribution is 2.31. The number of nitrogens with zero attached hydrogens (tertiary/aromatic N) is 1. The molecule has 8 nitrogen and oxygen atoms in total. The Balaban J connectivity index is 1.55. The summed E-state index contributed by atoms with van der Waals surface area (Å²) in [7, 11) is -3.94. The van der Waals surface area contributed by atoms with Gasteiger partial charge in [0.15, 0.2) is 0 Å². The van der Waals surface area contributed by atoms with Crippen LogP contribution in [0.4, 0.5) is 11.4 Å². The molecular formula is C22H21N3O5S. The topological polar surface area (TPSA) is 109 Å². The van der Waals surface area contributed by atoms with E-state index in [1.807, 2.05) is 0 Å². The first-order valence-electron chi connectivity index (χ1n) is 9.68. The predicted octanol–water partition coefficient (Wildman–Crippen LogP) is 2.92. The Morgan fingerprint density at radius 3 is 2.65 bits per heavy atom. The average molecular weight is 439 g/mol. The minimum absolute atomic E-state index is 0.0717. The van der Waals surface area contributed by atoms with Gasteiger partial charge in [-0.25, -0.2) is 8.42 Å². The Labute approximate surface area is 179 Å². The fourth-order valence-electron chi connectivity index (χ4n) is 3.52. The summed E-state index contributed by atoms with van der Waals surface area (Å²) in [6.45, 7) is 2.19. The highest BCUT2D eigenvalue weighted by atomic mass is 32.2. The third kappa shape index (κ3) is 4.31. The Hall–Kier alpha value is -3.59. The summed E-state index contributed by atoms with van der Waals surface area (Å²) in [4.78, 5) is 26.0. The van der Waals surface area contributed by atoms with Crippen LogP contribution in [-0.2, 0) is 27.8 Å². The number of furan rings is 1. The summed E-state index contributed by atoms with van der Waals surface area (Å²) in [6.07, 6.45) is 2.10. The number of para-hydroxylation sites is 1. The van der Waals surface area contributed by atoms with Crippen molar-refractivity contribution in [3.8, 4) is 0 Å². The maximum atomic E-state index is 13.0. The van der Waals surface area contributed by atoms with Crippen molar-refractivity contribution in [3.63, 3.8) is 0 Å². The van der Waals surface area contributed by atoms with Crippen molar-refractivity contribution >= 4 is 33.2 Å². The lowest BCUT2D eigenvalue weighted by Gasteiger charge is -2.16. The number of amides is 2. The molecule has 0 atom stereocenters. The standard InChI is InChI=1S/C22H21N3O5S/c1-15(26)25-11-10-16-13-18(8-9-21(16)25)31(28,29)24-20-7-3-2-6-19(20)22(27)23-14-17-5-4-12-30-17/h2-9,12-13,24H,10-11,14H2,1H3,(H,23,27). The summed E-state index contributed by atoms with van der Waals surface area (Å²) >= 11 is 0. The fraction of sp³-hybridized carbons (Fsp3) is 0.182. The summed E-state index contributed by atoms with van der Waals surface area (Å²) < 4.78 is 33.7. The van der Waals surface area contributed by atoms with Crippen molar-refractivity contribution in [1.82, 2.24) is 5.32 Å². The van der Waals surface area contributed by atoms with E-state index in [-0.39, 0.29) is 28.6 Å². The molecule has 0 saturated heterocycles. The number of fused-ring (bicyclic) bond motifs is 1. The van der Waals surface area contributed by atoms with Gasteiger partial charge in [-0.3, -0.25) is 14.3 Å². The number of nitrogens with one attached hydrogen (secondary N) is 2. The van der Waals surface area contributed by atoms with Gasteiger partial charge in [-0.15, -0.1) is 0 Å². The summed E-state index contributed by atoms with van der Waals surface area (Å²) in [5.41, 5.74) is 1.89. The van der Waals surface area contributed by atoms with Crippen molar-refractivity contribution in [1.29, 1.82) is 0 Å². The normalized spacial score (nSPS) is 13.0. The van der Waals surface area contributed by atoms with E-state index in [1.165, 1.54) is 25.3 Å². The molecule has 0 aliphatic carbocycles. The maximum absolute atomic E-state index is 13.0. The molecule has 0 radical (unpaired) electrons. The SMILES string of the molecule is CC(=O)N1CCc2cc(S(=O)(=O)Nc3ccccc3C(=O)NCc3ccco3)ccc21. The Morgan fingerprint density at radius 1 is 1.10 bits per heavy atom. The molecule has 31 heavy (non-hydrogen) atoms. The van der Waals surface area contributed by atoms with Crippen LogP contribution in [0, 0.1) is 0 Å². The third-order valence-corrected chi connectivity index (χ3v) is 6.42. The van der Waals surface area contributed by atoms with E-state index in [1.54, 1.807) is 47.4 Å². The van der Waals surface area contributed by atoms with Gasteiger partial charge < -0.3 is 14.6 Å². The molecule has 2 heterocycles. The van der Waals surface area contributed by atoms with Crippen LogP contribution in [0.1, 0.15) is 28.6 Å². The van der Waals surface area contributed by atoms with Gasteiger partial charge >= 0.3 is 0 Å². The lowest BCUT2D eigenvalue weighted by Crippen LogP contribution is -2.25. The second-order valence-electron chi connectivity index (χ2n) is 7.12. The third-order valence-electron chi connectivity index (χ3n) is 5.06. The van der Waals surface area contributed by atoms with Crippen LogP contribution in [-0.4, -0.2) is 26.8 Å². The predicted molar refractivity (Wildman–Crippen MR) is 115 cm³/mol. The first-order valence-corrected chi connectivity index (χ1v) is 11.2. The van der Waals surface area contributed by atoms with Gasteiger partial charge in [0.25, 0.3) is 15.9 Å². The number of carbonyl (C=O) groups excluding carboxylic acids is 2. The fourth-order valence-corrected chi connectivity index (χ4v) is 4.65. The van der Waals surface area contributed by atoms with Crippen LogP contribution in [0.15, 0.2) is 70.2 Å². The highest BCUT2D eigenvalue weighted by Gasteiger charge is 2.25. The first-order chi connectivity index (χ1) is 14.8. The minimum Gasteiger partial charge on any atom is -0.467 e. The van der Waals surface area contributed by atoms with Crippen LogP contribution in [0.25, 0.3) is 0 Å². The smallest absolute Gasteiger partial charge is 0.261 e. The van der Waals surface area contributed by atoms with Crippen LogP contribution < -0.4 is 14.9 Å². The van der Waals surface area contributed by atoms with Crippen molar-refractivity contribution in [2.45, 2.75) is 24.8 Å². The number of rotatable bonds is 6. The second-order valence-corrected chi connectivity index (χ2v) is 8.81. The van der Waals surface area contributed by atoms with Gasteiger partial charge in [0, 0.05) is 19.2 Å². The van der Waals surface area contributed by atoms with E-state index in [0.29, 0.717) is 18.7 Å². The Kier molecular flexibility index (Phi) is 5.51. The maximum Gasteiger partial charge on any atom is 0.261 e. The van der Waals surface area contributed by atoms with Crippen LogP contribution in [0.2, 0.25) is 0 Å². The quantitative estimate of drug-likeness (QED) is 0.614. The zero-order valence-electron chi connectivity index (χ0n) is 16.8. The Bertz CT molecular complexity index is 1240. The number of hydrogen-bond donors (Lipinski definition) is 2. The molecule has 2 N–H and O–H groups in total. The van der Waals surface area contributed by atoms with Crippen molar-refractivity contribution < 1.29 is 22.4 Å². The van der Waals surface area contributed by atoms with Crippen molar-refractivity contribution in [2.24, 2.45) is 0 Å². The molecule has 4 rings (SSSR count). The van der Waals surface area contributed by atoms with E-state index in [9.17, 15) is 18.0 Å². The van der Waals surface area contributed by atoms with Gasteiger partial charge in [-0.1, -0.05) is 12.1 Å². The molecule has 1 aliphatic heterocycles. The van der Waals surface area contributed by atoms with Crippen molar-refractivity contribution in [3.05, 3.63) is 77.7 Å². The van der Waals surface area contributed by atoms with E-state index in [2.05, 4.69) is 10.0 Å². The molecule has 9 heteroatoms. The average Bonchev–Trinajstić information content (AvgIpc) is 3.41. The second kappa shape index (κ2) is 8.27. The molecule has 0 fully saturated rings. The zero-order valence-corrected chi connectivity index (χ0v) is 17.6. The largest absolute Gasteiger partial charge is 0.467 e. The zero-order chi connectivity index (χ0) is 22.0. The van der Waals surface area contributed by atoms with Crippen LogP contribution >= 0.6 is 0 Å². The van der Waals surface area contributed by atoms with E-state index >= 15 is 0 Å². The molecule has 0 spiro atoms. The number of carbonyl (C=O) groups is 2. The Morgan fingerprint density at radius 2 is 1.90 bits per heavy atom. The summed E-state index contributed by atoms with van der Waals surface area (Å²) in [6, 6.07) is 14.5. The molecule has 0 bridgehead atoms. The molecule has 1 aliphatic rings. The number of hydrogen-bond acceptors (Lipinski definition) is 5. The molecule has 3 aromatic rings. The molecule has 2 amide bonds. The number of anilines is 2. The molecular weight excluding hydrogens is 418 g/mol. The summed E-state index contributed by atoms with van der Waals surface area (Å²) in [5.74, 6) is 0.0758. The van der Waals surface area contributed by atoms with Gasteiger partial charge in [-0.2, -0.15) is 0 Å². The molecule has 2 aromatic carbocycles. The van der Waals surface area contributed by atoms with Crippen molar-refractivity contribution in [2.75, 3.05) is 16.2 Å². The lowest BCUT2D eigenvalue weighted by molar-refractivity contribution is -0.116. The van der Waals surface area contributed by atoms with E-state index in [4.69, 9.17) is 4.42 Å². The monoisotopic (exact) mass is 439 g/mol. The van der Waals surface area contributed by atoms with Crippen LogP contribution in [0.5, 0.6) is 0 Å². The molecule has 0 saturated carbocycles. The molecule has 1 aromatic heterocycles. The van der Waals surface area contributed by atoms with Gasteiger partial charge in [0.2, 0.25) is 5.91 Å². The van der Waals surface area contributed by atoms with E-state index in [0.717, 1.165) is 11.3 Å². The summed E-state index contributed by atoms with van der Waals surface area (Å²) in [5, 5.41) is 2.71. The molecule has 0 unspecified atom stereocenters.